The number of halogens is 1. The van der Waals surface area contributed by atoms with Gasteiger partial charge in [-0.15, -0.1) is 0 Å². The first kappa shape index (κ1) is 19.6. The molecule has 8 heteroatoms. The Bertz CT molecular complexity index is 958. The lowest BCUT2D eigenvalue weighted by atomic mass is 9.93. The van der Waals surface area contributed by atoms with Gasteiger partial charge in [0, 0.05) is 22.0 Å². The van der Waals surface area contributed by atoms with Crippen molar-refractivity contribution in [1.29, 1.82) is 0 Å². The zero-order valence-corrected chi connectivity index (χ0v) is 16.4. The van der Waals surface area contributed by atoms with Crippen molar-refractivity contribution in [2.75, 3.05) is 19.5 Å². The minimum Gasteiger partial charge on any atom is -0.493 e. The zero-order valence-electron chi connectivity index (χ0n) is 15.6. The number of carbonyl (C=O) groups is 2. The summed E-state index contributed by atoms with van der Waals surface area (Å²) in [7, 11) is 3.03. The maximum atomic E-state index is 13.1. The average molecular weight is 402 g/mol. The molecule has 28 heavy (non-hydrogen) atoms. The highest BCUT2D eigenvalue weighted by molar-refractivity contribution is 6.31. The number of hydrogen-bond acceptors (Lipinski definition) is 4. The van der Waals surface area contributed by atoms with Crippen molar-refractivity contribution in [2.24, 2.45) is 0 Å². The van der Waals surface area contributed by atoms with E-state index in [1.54, 1.807) is 49.4 Å². The number of allylic oxidation sites excluding steroid dienone is 1. The SMILES string of the molecule is COc1cccc(C2NC(=O)NC(C)=C2C(=O)Nc2cccc(Cl)c2)c1OC. The fraction of sp³-hybridized carbons (Fsp3) is 0.200. The topological polar surface area (TPSA) is 88.7 Å². The molecule has 3 rings (SSSR count). The summed E-state index contributed by atoms with van der Waals surface area (Å²) in [6.07, 6.45) is 0. The molecule has 1 aliphatic heterocycles. The smallest absolute Gasteiger partial charge is 0.319 e. The molecular weight excluding hydrogens is 382 g/mol. The molecule has 0 fully saturated rings. The molecule has 1 atom stereocenters. The molecule has 3 amide bonds. The lowest BCUT2D eigenvalue weighted by Crippen LogP contribution is -2.46. The van der Waals surface area contributed by atoms with Gasteiger partial charge in [-0.1, -0.05) is 29.8 Å². The van der Waals surface area contributed by atoms with E-state index >= 15 is 0 Å². The molecule has 2 aromatic rings. The van der Waals surface area contributed by atoms with E-state index in [4.69, 9.17) is 21.1 Å². The predicted octanol–water partition coefficient (Wildman–Crippen LogP) is 3.62. The molecular formula is C20H20ClN3O4. The third-order valence-corrected chi connectivity index (χ3v) is 4.58. The van der Waals surface area contributed by atoms with E-state index in [-0.39, 0.29) is 5.91 Å². The number of amides is 3. The van der Waals surface area contributed by atoms with Crippen LogP contribution in [0.4, 0.5) is 10.5 Å². The molecule has 3 N–H and O–H groups in total. The van der Waals surface area contributed by atoms with E-state index in [0.29, 0.717) is 39.0 Å². The van der Waals surface area contributed by atoms with Gasteiger partial charge >= 0.3 is 6.03 Å². The minimum absolute atomic E-state index is 0.353. The van der Waals surface area contributed by atoms with Crippen LogP contribution in [0.15, 0.2) is 53.7 Å². The van der Waals surface area contributed by atoms with E-state index < -0.39 is 12.1 Å². The van der Waals surface area contributed by atoms with Crippen LogP contribution in [0.5, 0.6) is 11.5 Å². The van der Waals surface area contributed by atoms with Crippen LogP contribution in [-0.2, 0) is 4.79 Å². The van der Waals surface area contributed by atoms with Crippen molar-refractivity contribution in [2.45, 2.75) is 13.0 Å². The first-order valence-corrected chi connectivity index (χ1v) is 8.88. The highest BCUT2D eigenvalue weighted by Gasteiger charge is 2.33. The number of benzene rings is 2. The lowest BCUT2D eigenvalue weighted by Gasteiger charge is -2.30. The molecule has 0 saturated carbocycles. The number of methoxy groups -OCH3 is 2. The summed E-state index contributed by atoms with van der Waals surface area (Å²) in [6.45, 7) is 1.67. The maximum absolute atomic E-state index is 13.1. The predicted molar refractivity (Wildman–Crippen MR) is 107 cm³/mol. The number of para-hydroxylation sites is 1. The van der Waals surface area contributed by atoms with Crippen LogP contribution in [0.3, 0.4) is 0 Å². The summed E-state index contributed by atoms with van der Waals surface area (Å²) in [6, 6.07) is 11.0. The van der Waals surface area contributed by atoms with Gasteiger partial charge < -0.3 is 25.4 Å². The maximum Gasteiger partial charge on any atom is 0.319 e. The molecule has 0 aromatic heterocycles. The number of ether oxygens (including phenoxy) is 2. The van der Waals surface area contributed by atoms with Gasteiger partial charge in [-0.2, -0.15) is 0 Å². The second-order valence-corrected chi connectivity index (χ2v) is 6.55. The summed E-state index contributed by atoms with van der Waals surface area (Å²) in [5, 5.41) is 8.75. The van der Waals surface area contributed by atoms with Crippen LogP contribution < -0.4 is 25.4 Å². The highest BCUT2D eigenvalue weighted by Crippen LogP contribution is 2.39. The number of anilines is 1. The number of carbonyl (C=O) groups excluding carboxylic acids is 2. The Balaban J connectivity index is 2.03. The molecule has 0 radical (unpaired) electrons. The van der Waals surface area contributed by atoms with Crippen molar-refractivity contribution in [3.05, 3.63) is 64.3 Å². The van der Waals surface area contributed by atoms with Gasteiger partial charge in [-0.05, 0) is 31.2 Å². The van der Waals surface area contributed by atoms with E-state index in [0.717, 1.165) is 0 Å². The summed E-state index contributed by atoms with van der Waals surface area (Å²) >= 11 is 6.00. The van der Waals surface area contributed by atoms with Gasteiger partial charge in [-0.3, -0.25) is 4.79 Å². The van der Waals surface area contributed by atoms with Crippen LogP contribution in [0.1, 0.15) is 18.5 Å². The second-order valence-electron chi connectivity index (χ2n) is 6.12. The van der Waals surface area contributed by atoms with Crippen LogP contribution in [0.25, 0.3) is 0 Å². The normalized spacial score (nSPS) is 16.1. The Labute approximate surface area is 167 Å². The number of rotatable bonds is 5. The molecule has 7 nitrogen and oxygen atoms in total. The van der Waals surface area contributed by atoms with Gasteiger partial charge in [0.1, 0.15) is 0 Å². The fourth-order valence-electron chi connectivity index (χ4n) is 3.13. The van der Waals surface area contributed by atoms with Gasteiger partial charge in [-0.25, -0.2) is 4.79 Å². The Morgan fingerprint density at radius 1 is 1.14 bits per heavy atom. The number of urea groups is 1. The van der Waals surface area contributed by atoms with E-state index in [9.17, 15) is 9.59 Å². The van der Waals surface area contributed by atoms with Gasteiger partial charge in [0.2, 0.25) is 0 Å². The highest BCUT2D eigenvalue weighted by atomic mass is 35.5. The zero-order chi connectivity index (χ0) is 20.3. The molecule has 1 heterocycles. The van der Waals surface area contributed by atoms with E-state index in [1.807, 2.05) is 0 Å². The Morgan fingerprint density at radius 3 is 2.57 bits per heavy atom. The fourth-order valence-corrected chi connectivity index (χ4v) is 3.32. The molecule has 1 unspecified atom stereocenters. The van der Waals surface area contributed by atoms with Crippen molar-refractivity contribution >= 4 is 29.2 Å². The average Bonchev–Trinajstić information content (AvgIpc) is 2.66. The lowest BCUT2D eigenvalue weighted by molar-refractivity contribution is -0.113. The van der Waals surface area contributed by atoms with Crippen molar-refractivity contribution in [3.8, 4) is 11.5 Å². The number of nitrogens with one attached hydrogen (secondary N) is 3. The first-order valence-electron chi connectivity index (χ1n) is 8.50. The minimum atomic E-state index is -0.724. The second kappa shape index (κ2) is 8.22. The van der Waals surface area contributed by atoms with Crippen molar-refractivity contribution < 1.29 is 19.1 Å². The quantitative estimate of drug-likeness (QED) is 0.713. The summed E-state index contributed by atoms with van der Waals surface area (Å²) in [5.41, 5.74) is 1.95. The van der Waals surface area contributed by atoms with E-state index in [2.05, 4.69) is 16.0 Å². The van der Waals surface area contributed by atoms with Gasteiger partial charge in [0.05, 0.1) is 25.8 Å². The molecule has 0 aliphatic carbocycles. The third kappa shape index (κ3) is 3.89. The van der Waals surface area contributed by atoms with Gasteiger partial charge in [0.25, 0.3) is 5.91 Å². The van der Waals surface area contributed by atoms with Crippen LogP contribution in [0.2, 0.25) is 5.02 Å². The molecule has 0 spiro atoms. The summed E-state index contributed by atoms with van der Waals surface area (Å²) < 4.78 is 10.8. The number of hydrogen-bond donors (Lipinski definition) is 3. The van der Waals surface area contributed by atoms with Crippen LogP contribution in [0, 0.1) is 0 Å². The Kier molecular flexibility index (Phi) is 5.75. The first-order chi connectivity index (χ1) is 13.4. The molecule has 1 aliphatic rings. The van der Waals surface area contributed by atoms with Crippen molar-refractivity contribution in [3.63, 3.8) is 0 Å². The van der Waals surface area contributed by atoms with Gasteiger partial charge in [0.15, 0.2) is 11.5 Å². The van der Waals surface area contributed by atoms with Crippen LogP contribution >= 0.6 is 11.6 Å². The molecule has 0 bridgehead atoms. The monoisotopic (exact) mass is 401 g/mol. The summed E-state index contributed by atoms with van der Waals surface area (Å²) in [4.78, 5) is 25.2. The Hall–Kier alpha value is -3.19. The van der Waals surface area contributed by atoms with E-state index in [1.165, 1.54) is 14.2 Å². The van der Waals surface area contributed by atoms with Crippen LogP contribution in [-0.4, -0.2) is 26.2 Å². The third-order valence-electron chi connectivity index (χ3n) is 4.34. The molecule has 146 valence electrons. The molecule has 2 aromatic carbocycles. The Morgan fingerprint density at radius 2 is 1.89 bits per heavy atom. The molecule has 0 saturated heterocycles. The largest absolute Gasteiger partial charge is 0.493 e. The van der Waals surface area contributed by atoms with Crippen molar-refractivity contribution in [1.82, 2.24) is 10.6 Å². The summed E-state index contributed by atoms with van der Waals surface area (Å²) in [5.74, 6) is 0.570. The standard InChI is InChI=1S/C20H20ClN3O4/c1-11-16(19(25)23-13-7-4-6-12(21)10-13)17(24-20(26)22-11)14-8-5-9-15(27-2)18(14)28-3/h4-10,17H,1-3H3,(H,23,25)(H2,22,24,26).